The molecule has 1 aliphatic rings. The van der Waals surface area contributed by atoms with Gasteiger partial charge in [0.2, 0.25) is 0 Å². The standard InChI is InChI=1S/C19H17N5O2/c25-17-11-16(13-4-8-20-9-5-13)22-18(23-17)14-6-10-24(12-14)19(26)15-3-1-2-7-21-15/h1-5,7-9,11,14H,6,10,12H2,(H,22,23,25)/t14-/m0/s1. The van der Waals surface area contributed by atoms with Crippen molar-refractivity contribution in [3.8, 4) is 11.3 Å². The Hall–Kier alpha value is -3.35. The highest BCUT2D eigenvalue weighted by Gasteiger charge is 2.30. The summed E-state index contributed by atoms with van der Waals surface area (Å²) in [6.45, 7) is 1.13. The van der Waals surface area contributed by atoms with Crippen molar-refractivity contribution in [3.63, 3.8) is 0 Å². The lowest BCUT2D eigenvalue weighted by atomic mass is 10.1. The SMILES string of the molecule is O=C(c1ccccn1)N1CC[C@H](c2nc(-c3ccncc3)cc(=O)[nH]2)C1. The van der Waals surface area contributed by atoms with Gasteiger partial charge in [-0.2, -0.15) is 0 Å². The van der Waals surface area contributed by atoms with Gasteiger partial charge in [0.05, 0.1) is 5.69 Å². The zero-order chi connectivity index (χ0) is 17.9. The van der Waals surface area contributed by atoms with Crippen LogP contribution in [0.25, 0.3) is 11.3 Å². The number of nitrogens with zero attached hydrogens (tertiary/aromatic N) is 4. The lowest BCUT2D eigenvalue weighted by molar-refractivity contribution is 0.0784. The lowest BCUT2D eigenvalue weighted by Gasteiger charge is -2.16. The van der Waals surface area contributed by atoms with Crippen LogP contribution in [0.4, 0.5) is 0 Å². The average molecular weight is 347 g/mol. The van der Waals surface area contributed by atoms with Gasteiger partial charge < -0.3 is 9.88 Å². The van der Waals surface area contributed by atoms with E-state index in [0.29, 0.717) is 30.3 Å². The topological polar surface area (TPSA) is 91.8 Å². The summed E-state index contributed by atoms with van der Waals surface area (Å²) in [4.78, 5) is 41.9. The van der Waals surface area contributed by atoms with Crippen molar-refractivity contribution in [2.24, 2.45) is 0 Å². The first-order valence-corrected chi connectivity index (χ1v) is 8.42. The predicted molar refractivity (Wildman–Crippen MR) is 95.6 cm³/mol. The number of H-pyrrole nitrogens is 1. The van der Waals surface area contributed by atoms with Crippen molar-refractivity contribution in [3.05, 3.63) is 76.9 Å². The normalized spacial score (nSPS) is 16.6. The van der Waals surface area contributed by atoms with E-state index in [1.54, 1.807) is 41.7 Å². The summed E-state index contributed by atoms with van der Waals surface area (Å²) in [6.07, 6.45) is 5.70. The largest absolute Gasteiger partial charge is 0.337 e. The number of likely N-dealkylation sites (tertiary alicyclic amines) is 1. The van der Waals surface area contributed by atoms with E-state index in [9.17, 15) is 9.59 Å². The first-order valence-electron chi connectivity index (χ1n) is 8.42. The third kappa shape index (κ3) is 3.23. The molecule has 0 bridgehead atoms. The minimum atomic E-state index is -0.198. The number of aromatic amines is 1. The van der Waals surface area contributed by atoms with Crippen molar-refractivity contribution < 1.29 is 4.79 Å². The number of nitrogens with one attached hydrogen (secondary N) is 1. The average Bonchev–Trinajstić information content (AvgIpc) is 3.18. The van der Waals surface area contributed by atoms with Crippen LogP contribution in [0.2, 0.25) is 0 Å². The van der Waals surface area contributed by atoms with Crippen molar-refractivity contribution in [1.29, 1.82) is 0 Å². The Labute approximate surface area is 149 Å². The summed E-state index contributed by atoms with van der Waals surface area (Å²) in [7, 11) is 0. The Morgan fingerprint density at radius 2 is 2.00 bits per heavy atom. The molecule has 0 unspecified atom stereocenters. The molecule has 1 atom stereocenters. The first-order chi connectivity index (χ1) is 12.7. The van der Waals surface area contributed by atoms with Gasteiger partial charge in [0, 0.05) is 49.2 Å². The smallest absolute Gasteiger partial charge is 0.272 e. The number of rotatable bonds is 3. The third-order valence-electron chi connectivity index (χ3n) is 4.48. The monoisotopic (exact) mass is 347 g/mol. The molecular weight excluding hydrogens is 330 g/mol. The second-order valence-corrected chi connectivity index (χ2v) is 6.20. The van der Waals surface area contributed by atoms with Crippen molar-refractivity contribution >= 4 is 5.91 Å². The summed E-state index contributed by atoms with van der Waals surface area (Å²) in [5.41, 5.74) is 1.68. The van der Waals surface area contributed by atoms with Gasteiger partial charge >= 0.3 is 0 Å². The molecule has 0 aromatic carbocycles. The number of pyridine rings is 2. The van der Waals surface area contributed by atoms with Gasteiger partial charge in [-0.25, -0.2) is 4.98 Å². The van der Waals surface area contributed by atoms with Gasteiger partial charge in [-0.3, -0.25) is 19.6 Å². The molecule has 130 valence electrons. The van der Waals surface area contributed by atoms with Crippen LogP contribution in [0, 0.1) is 0 Å². The van der Waals surface area contributed by atoms with Gasteiger partial charge in [0.15, 0.2) is 0 Å². The molecule has 0 spiro atoms. The number of carbonyl (C=O) groups is 1. The van der Waals surface area contributed by atoms with E-state index in [4.69, 9.17) is 0 Å². The van der Waals surface area contributed by atoms with Gasteiger partial charge in [-0.05, 0) is 30.7 Å². The molecule has 4 heterocycles. The number of aromatic nitrogens is 4. The molecule has 1 amide bonds. The van der Waals surface area contributed by atoms with Crippen LogP contribution in [-0.4, -0.2) is 43.8 Å². The van der Waals surface area contributed by atoms with Gasteiger partial charge in [0.25, 0.3) is 11.5 Å². The Bertz CT molecular complexity index is 972. The molecular formula is C19H17N5O2. The van der Waals surface area contributed by atoms with E-state index >= 15 is 0 Å². The van der Waals surface area contributed by atoms with Gasteiger partial charge in [-0.15, -0.1) is 0 Å². The molecule has 0 aliphatic carbocycles. The van der Waals surface area contributed by atoms with E-state index in [0.717, 1.165) is 12.0 Å². The van der Waals surface area contributed by atoms with Crippen LogP contribution in [0.3, 0.4) is 0 Å². The van der Waals surface area contributed by atoms with E-state index in [1.165, 1.54) is 6.07 Å². The van der Waals surface area contributed by atoms with E-state index in [2.05, 4.69) is 19.9 Å². The maximum Gasteiger partial charge on any atom is 0.272 e. The second kappa shape index (κ2) is 6.87. The first kappa shape index (κ1) is 16.1. The minimum absolute atomic E-state index is 0.00264. The number of hydrogen-bond donors (Lipinski definition) is 1. The van der Waals surface area contributed by atoms with Crippen molar-refractivity contribution in [2.45, 2.75) is 12.3 Å². The highest BCUT2D eigenvalue weighted by molar-refractivity contribution is 5.92. The van der Waals surface area contributed by atoms with Crippen molar-refractivity contribution in [2.75, 3.05) is 13.1 Å². The zero-order valence-electron chi connectivity index (χ0n) is 14.0. The molecule has 4 rings (SSSR count). The molecule has 26 heavy (non-hydrogen) atoms. The molecule has 0 saturated carbocycles. The highest BCUT2D eigenvalue weighted by atomic mass is 16.2. The van der Waals surface area contributed by atoms with Crippen LogP contribution >= 0.6 is 0 Å². The highest BCUT2D eigenvalue weighted by Crippen LogP contribution is 2.26. The fourth-order valence-electron chi connectivity index (χ4n) is 3.16. The van der Waals surface area contributed by atoms with Gasteiger partial charge in [-0.1, -0.05) is 6.07 Å². The minimum Gasteiger partial charge on any atom is -0.337 e. The van der Waals surface area contributed by atoms with Gasteiger partial charge in [0.1, 0.15) is 11.5 Å². The van der Waals surface area contributed by atoms with Crippen LogP contribution < -0.4 is 5.56 Å². The molecule has 3 aromatic rings. The molecule has 7 heteroatoms. The van der Waals surface area contributed by atoms with E-state index in [-0.39, 0.29) is 17.4 Å². The predicted octanol–water partition coefficient (Wildman–Crippen LogP) is 1.86. The van der Waals surface area contributed by atoms with Crippen LogP contribution in [-0.2, 0) is 0 Å². The quantitative estimate of drug-likeness (QED) is 0.781. The number of amides is 1. The second-order valence-electron chi connectivity index (χ2n) is 6.20. The Kier molecular flexibility index (Phi) is 4.27. The van der Waals surface area contributed by atoms with Crippen LogP contribution in [0.1, 0.15) is 28.7 Å². The fourth-order valence-corrected chi connectivity index (χ4v) is 3.16. The van der Waals surface area contributed by atoms with Crippen LogP contribution in [0.5, 0.6) is 0 Å². The molecule has 1 aliphatic heterocycles. The molecule has 0 radical (unpaired) electrons. The Morgan fingerprint density at radius 1 is 1.15 bits per heavy atom. The summed E-state index contributed by atoms with van der Waals surface area (Å²) >= 11 is 0. The van der Waals surface area contributed by atoms with E-state index in [1.807, 2.05) is 12.1 Å². The number of hydrogen-bond acceptors (Lipinski definition) is 5. The maximum atomic E-state index is 12.5. The molecule has 7 nitrogen and oxygen atoms in total. The Morgan fingerprint density at radius 3 is 2.77 bits per heavy atom. The van der Waals surface area contributed by atoms with Crippen LogP contribution in [0.15, 0.2) is 59.8 Å². The molecule has 1 saturated heterocycles. The third-order valence-corrected chi connectivity index (χ3v) is 4.48. The number of carbonyl (C=O) groups excluding carboxylic acids is 1. The summed E-state index contributed by atoms with van der Waals surface area (Å²) in [6, 6.07) is 10.4. The van der Waals surface area contributed by atoms with E-state index < -0.39 is 0 Å². The fraction of sp³-hybridized carbons (Fsp3) is 0.211. The summed E-state index contributed by atoms with van der Waals surface area (Å²) in [5.74, 6) is 0.513. The molecule has 3 aromatic heterocycles. The Balaban J connectivity index is 1.57. The molecule has 1 fully saturated rings. The summed E-state index contributed by atoms with van der Waals surface area (Å²) in [5, 5.41) is 0. The molecule has 1 N–H and O–H groups in total. The maximum absolute atomic E-state index is 12.5. The summed E-state index contributed by atoms with van der Waals surface area (Å²) < 4.78 is 0. The van der Waals surface area contributed by atoms with Crippen molar-refractivity contribution in [1.82, 2.24) is 24.8 Å². The lowest BCUT2D eigenvalue weighted by Crippen LogP contribution is -2.29. The zero-order valence-corrected chi connectivity index (χ0v) is 14.0.